The number of aromatic amines is 1. The summed E-state index contributed by atoms with van der Waals surface area (Å²) in [7, 11) is 0. The minimum atomic E-state index is -0.586. The molecule has 0 spiro atoms. The molecule has 1 heterocycles. The van der Waals surface area contributed by atoms with Crippen molar-refractivity contribution in [3.05, 3.63) is 74.3 Å². The number of hydrogen-bond donors (Lipinski definition) is 1. The van der Waals surface area contributed by atoms with E-state index in [9.17, 15) is 9.18 Å². The predicted octanol–water partition coefficient (Wildman–Crippen LogP) is 4.83. The molecule has 4 nitrogen and oxygen atoms in total. The lowest BCUT2D eigenvalue weighted by Crippen LogP contribution is -2.01. The Hall–Kier alpha value is -2.37. The highest BCUT2D eigenvalue weighted by Crippen LogP contribution is 2.30. The molecule has 0 saturated carbocycles. The average molecular weight is 351 g/mol. The van der Waals surface area contributed by atoms with Crippen molar-refractivity contribution in [1.29, 1.82) is 0 Å². The van der Waals surface area contributed by atoms with Gasteiger partial charge in [-0.1, -0.05) is 23.2 Å². The number of nitrogens with zero attached hydrogens (tertiary/aromatic N) is 1. The van der Waals surface area contributed by atoms with E-state index in [1.54, 1.807) is 18.2 Å². The molecule has 0 saturated heterocycles. The highest BCUT2D eigenvalue weighted by atomic mass is 35.5. The molecule has 1 aromatic heterocycles. The second kappa shape index (κ2) is 6.40. The Morgan fingerprint density at radius 2 is 1.87 bits per heavy atom. The van der Waals surface area contributed by atoms with Crippen LogP contribution in [-0.4, -0.2) is 11.4 Å². The normalized spacial score (nSPS) is 11.3. The predicted molar refractivity (Wildman–Crippen MR) is 88.4 cm³/mol. The van der Waals surface area contributed by atoms with Crippen molar-refractivity contribution < 1.29 is 8.91 Å². The van der Waals surface area contributed by atoms with Gasteiger partial charge in [-0.05, 0) is 42.5 Å². The molecule has 0 fully saturated rings. The van der Waals surface area contributed by atoms with Gasteiger partial charge in [0, 0.05) is 16.8 Å². The van der Waals surface area contributed by atoms with Gasteiger partial charge in [-0.2, -0.15) is 0 Å². The second-order valence-corrected chi connectivity index (χ2v) is 5.48. The van der Waals surface area contributed by atoms with Gasteiger partial charge in [0.05, 0.1) is 16.4 Å². The molecule has 0 aliphatic rings. The molecule has 0 aliphatic carbocycles. The van der Waals surface area contributed by atoms with Crippen LogP contribution in [0.2, 0.25) is 10.0 Å². The van der Waals surface area contributed by atoms with Gasteiger partial charge < -0.3 is 4.52 Å². The van der Waals surface area contributed by atoms with Crippen LogP contribution < -0.4 is 5.63 Å². The Bertz CT molecular complexity index is 930. The molecule has 7 heteroatoms. The summed E-state index contributed by atoms with van der Waals surface area (Å²) in [5.41, 5.74) is 1.07. The third kappa shape index (κ3) is 3.36. The van der Waals surface area contributed by atoms with E-state index in [-0.39, 0.29) is 11.4 Å². The maximum atomic E-state index is 12.9. The Kier molecular flexibility index (Phi) is 4.32. The van der Waals surface area contributed by atoms with Gasteiger partial charge in [-0.25, -0.2) is 14.3 Å². The number of H-pyrrole nitrogens is 1. The summed E-state index contributed by atoms with van der Waals surface area (Å²) in [4.78, 5) is 16.0. The molecule has 2 aromatic carbocycles. The topological polar surface area (TPSA) is 58.4 Å². The van der Waals surface area contributed by atoms with E-state index in [1.807, 2.05) is 0 Å². The quantitative estimate of drug-likeness (QED) is 0.687. The SMILES string of the molecule is O=c1o[nH]c(-c2ccc(Cl)cc2Cl)c1C=Nc1ccc(F)cc1. The molecule has 3 rings (SSSR count). The second-order valence-electron chi connectivity index (χ2n) is 4.64. The summed E-state index contributed by atoms with van der Waals surface area (Å²) in [5, 5.41) is 3.37. The first-order valence-electron chi connectivity index (χ1n) is 6.51. The van der Waals surface area contributed by atoms with Gasteiger partial charge in [-0.3, -0.25) is 4.99 Å². The van der Waals surface area contributed by atoms with Crippen LogP contribution in [0.25, 0.3) is 11.3 Å². The zero-order valence-corrected chi connectivity index (χ0v) is 13.0. The maximum Gasteiger partial charge on any atom is 0.366 e. The molecule has 1 N–H and O–H groups in total. The average Bonchev–Trinajstić information content (AvgIpc) is 2.88. The Morgan fingerprint density at radius 3 is 2.57 bits per heavy atom. The van der Waals surface area contributed by atoms with Gasteiger partial charge in [-0.15, -0.1) is 0 Å². The summed E-state index contributed by atoms with van der Waals surface area (Å²) < 4.78 is 17.7. The fraction of sp³-hybridized carbons (Fsp3) is 0. The summed E-state index contributed by atoms with van der Waals surface area (Å²) in [5.74, 6) is -0.362. The van der Waals surface area contributed by atoms with Crippen molar-refractivity contribution in [3.63, 3.8) is 0 Å². The maximum absolute atomic E-state index is 12.9. The smallest absolute Gasteiger partial charge is 0.338 e. The van der Waals surface area contributed by atoms with Crippen molar-refractivity contribution in [2.24, 2.45) is 4.99 Å². The number of halogens is 3. The van der Waals surface area contributed by atoms with E-state index in [2.05, 4.69) is 10.1 Å². The van der Waals surface area contributed by atoms with E-state index in [1.165, 1.54) is 30.5 Å². The Labute approximate surface area is 140 Å². The molecule has 0 aliphatic heterocycles. The number of nitrogens with one attached hydrogen (secondary N) is 1. The standard InChI is InChI=1S/C16H9Cl2FN2O2/c17-9-1-6-12(14(18)7-9)15-13(16(22)23-21-15)8-20-11-4-2-10(19)3-5-11/h1-8,21H. The van der Waals surface area contributed by atoms with Crippen LogP contribution in [-0.2, 0) is 0 Å². The lowest BCUT2D eigenvalue weighted by Gasteiger charge is -2.02. The van der Waals surface area contributed by atoms with Crippen molar-refractivity contribution in [2.75, 3.05) is 0 Å². The molecule has 0 unspecified atom stereocenters. The minimum absolute atomic E-state index is 0.207. The van der Waals surface area contributed by atoms with Crippen LogP contribution in [0.3, 0.4) is 0 Å². The Morgan fingerprint density at radius 1 is 1.13 bits per heavy atom. The van der Waals surface area contributed by atoms with E-state index < -0.39 is 5.63 Å². The molecule has 0 bridgehead atoms. The molecular weight excluding hydrogens is 342 g/mol. The zero-order chi connectivity index (χ0) is 16.4. The molecular formula is C16H9Cl2FN2O2. The first-order chi connectivity index (χ1) is 11.0. The van der Waals surface area contributed by atoms with E-state index in [0.717, 1.165) is 0 Å². The van der Waals surface area contributed by atoms with Crippen LogP contribution in [0.1, 0.15) is 5.56 Å². The molecule has 3 aromatic rings. The van der Waals surface area contributed by atoms with Gasteiger partial charge in [0.25, 0.3) is 0 Å². The van der Waals surface area contributed by atoms with Crippen LogP contribution in [0, 0.1) is 5.82 Å². The minimum Gasteiger partial charge on any atom is -0.338 e. The fourth-order valence-electron chi connectivity index (χ4n) is 1.99. The van der Waals surface area contributed by atoms with Gasteiger partial charge >= 0.3 is 5.63 Å². The van der Waals surface area contributed by atoms with E-state index >= 15 is 0 Å². The highest BCUT2D eigenvalue weighted by Gasteiger charge is 2.15. The monoisotopic (exact) mass is 350 g/mol. The zero-order valence-electron chi connectivity index (χ0n) is 11.5. The summed E-state index contributed by atoms with van der Waals surface area (Å²) in [6.07, 6.45) is 1.34. The molecule has 0 amide bonds. The number of aromatic nitrogens is 1. The van der Waals surface area contributed by atoms with E-state index in [0.29, 0.717) is 27.0 Å². The number of rotatable bonds is 3. The first kappa shape index (κ1) is 15.5. The van der Waals surface area contributed by atoms with Crippen molar-refractivity contribution in [1.82, 2.24) is 5.16 Å². The van der Waals surface area contributed by atoms with Crippen molar-refractivity contribution in [3.8, 4) is 11.3 Å². The van der Waals surface area contributed by atoms with Crippen LogP contribution in [0.5, 0.6) is 0 Å². The van der Waals surface area contributed by atoms with Crippen LogP contribution in [0.15, 0.2) is 56.8 Å². The van der Waals surface area contributed by atoms with E-state index in [4.69, 9.17) is 27.7 Å². The molecule has 0 radical (unpaired) electrons. The summed E-state index contributed by atoms with van der Waals surface area (Å²) in [6.45, 7) is 0. The lowest BCUT2D eigenvalue weighted by atomic mass is 10.1. The lowest BCUT2D eigenvalue weighted by molar-refractivity contribution is 0.393. The number of aliphatic imine (C=N–C) groups is 1. The molecule has 23 heavy (non-hydrogen) atoms. The van der Waals surface area contributed by atoms with Crippen LogP contribution in [0.4, 0.5) is 10.1 Å². The Balaban J connectivity index is 2.02. The fourth-order valence-corrected chi connectivity index (χ4v) is 2.49. The third-order valence-corrected chi connectivity index (χ3v) is 3.65. The van der Waals surface area contributed by atoms with Gasteiger partial charge in [0.15, 0.2) is 0 Å². The van der Waals surface area contributed by atoms with Gasteiger partial charge in [0.2, 0.25) is 0 Å². The third-order valence-electron chi connectivity index (χ3n) is 3.10. The van der Waals surface area contributed by atoms with Crippen molar-refractivity contribution in [2.45, 2.75) is 0 Å². The summed E-state index contributed by atoms with van der Waals surface area (Å²) in [6, 6.07) is 10.4. The first-order valence-corrected chi connectivity index (χ1v) is 7.27. The number of benzene rings is 2. The van der Waals surface area contributed by atoms with Gasteiger partial charge in [0.1, 0.15) is 11.4 Å². The number of hydrogen-bond acceptors (Lipinski definition) is 3. The highest BCUT2D eigenvalue weighted by molar-refractivity contribution is 6.36. The molecule has 0 atom stereocenters. The van der Waals surface area contributed by atoms with Crippen LogP contribution >= 0.6 is 23.2 Å². The molecule has 116 valence electrons. The largest absolute Gasteiger partial charge is 0.366 e. The summed E-state index contributed by atoms with van der Waals surface area (Å²) >= 11 is 12.0. The van der Waals surface area contributed by atoms with Crippen molar-refractivity contribution >= 4 is 35.1 Å².